The van der Waals surface area contributed by atoms with E-state index in [2.05, 4.69) is 15.6 Å². The van der Waals surface area contributed by atoms with Crippen molar-refractivity contribution >= 4 is 5.91 Å². The molecule has 0 radical (unpaired) electrons. The van der Waals surface area contributed by atoms with Gasteiger partial charge in [0.05, 0.1) is 12.1 Å². The number of carbonyl (C=O) groups excluding carboxylic acids is 1. The number of aromatic nitrogens is 1. The Bertz CT molecular complexity index is 347. The second-order valence-electron chi connectivity index (χ2n) is 4.16. The highest BCUT2D eigenvalue weighted by Gasteiger charge is 2.23. The third kappa shape index (κ3) is 2.58. The van der Waals surface area contributed by atoms with Crippen molar-refractivity contribution in [2.75, 3.05) is 6.54 Å². The number of amides is 1. The average molecular weight is 219 g/mol. The Morgan fingerprint density at radius 3 is 2.94 bits per heavy atom. The van der Waals surface area contributed by atoms with Gasteiger partial charge in [0.25, 0.3) is 0 Å². The fraction of sp³-hybridized carbons (Fsp3) is 0.500. The van der Waals surface area contributed by atoms with Crippen molar-refractivity contribution < 1.29 is 4.79 Å². The van der Waals surface area contributed by atoms with Crippen LogP contribution in [0.5, 0.6) is 0 Å². The molecule has 1 amide bonds. The summed E-state index contributed by atoms with van der Waals surface area (Å²) in [4.78, 5) is 15.8. The molecule has 1 aliphatic rings. The molecule has 16 heavy (non-hydrogen) atoms. The number of nitrogens with zero attached hydrogens (tertiary/aromatic N) is 1. The molecule has 1 aliphatic heterocycles. The van der Waals surface area contributed by atoms with E-state index in [0.29, 0.717) is 0 Å². The van der Waals surface area contributed by atoms with Crippen LogP contribution in [0.3, 0.4) is 0 Å². The SMILES string of the molecule is C[C@@H](NC(=O)[C@H]1CCCN1)c1ccncc1. The van der Waals surface area contributed by atoms with Crippen LogP contribution in [-0.4, -0.2) is 23.5 Å². The monoisotopic (exact) mass is 219 g/mol. The standard InChI is InChI=1S/C12H17N3O/c1-9(10-4-7-13-8-5-10)15-12(16)11-3-2-6-14-11/h4-5,7-9,11,14H,2-3,6H2,1H3,(H,15,16)/t9-,11-/m1/s1. The molecule has 1 aromatic rings. The second-order valence-corrected chi connectivity index (χ2v) is 4.16. The summed E-state index contributed by atoms with van der Waals surface area (Å²) in [5.41, 5.74) is 1.08. The molecule has 4 heteroatoms. The van der Waals surface area contributed by atoms with E-state index in [1.165, 1.54) is 0 Å². The van der Waals surface area contributed by atoms with Crippen LogP contribution in [0.2, 0.25) is 0 Å². The Labute approximate surface area is 95.5 Å². The molecule has 4 nitrogen and oxygen atoms in total. The highest BCUT2D eigenvalue weighted by atomic mass is 16.2. The fourth-order valence-corrected chi connectivity index (χ4v) is 1.96. The molecular weight excluding hydrogens is 202 g/mol. The average Bonchev–Trinajstić information content (AvgIpc) is 2.83. The van der Waals surface area contributed by atoms with E-state index < -0.39 is 0 Å². The summed E-state index contributed by atoms with van der Waals surface area (Å²) in [6, 6.07) is 3.88. The molecule has 0 bridgehead atoms. The van der Waals surface area contributed by atoms with E-state index in [1.807, 2.05) is 19.1 Å². The van der Waals surface area contributed by atoms with Crippen molar-refractivity contribution in [2.45, 2.75) is 31.8 Å². The number of hydrogen-bond donors (Lipinski definition) is 2. The lowest BCUT2D eigenvalue weighted by Gasteiger charge is -2.17. The van der Waals surface area contributed by atoms with Gasteiger partial charge in [-0.05, 0) is 44.0 Å². The van der Waals surface area contributed by atoms with Gasteiger partial charge in [0.15, 0.2) is 0 Å². The molecule has 2 rings (SSSR count). The maximum absolute atomic E-state index is 11.8. The highest BCUT2D eigenvalue weighted by Crippen LogP contribution is 2.12. The molecule has 0 saturated carbocycles. The van der Waals surface area contributed by atoms with Gasteiger partial charge in [-0.3, -0.25) is 9.78 Å². The predicted molar refractivity (Wildman–Crippen MR) is 61.8 cm³/mol. The summed E-state index contributed by atoms with van der Waals surface area (Å²) in [6.07, 6.45) is 5.51. The van der Waals surface area contributed by atoms with Crippen molar-refractivity contribution in [1.29, 1.82) is 0 Å². The second kappa shape index (κ2) is 5.07. The normalized spacial score (nSPS) is 21.7. The van der Waals surface area contributed by atoms with Gasteiger partial charge in [0, 0.05) is 12.4 Å². The van der Waals surface area contributed by atoms with Gasteiger partial charge in [-0.15, -0.1) is 0 Å². The molecule has 2 N–H and O–H groups in total. The van der Waals surface area contributed by atoms with Crippen molar-refractivity contribution in [3.8, 4) is 0 Å². The lowest BCUT2D eigenvalue weighted by atomic mass is 10.1. The maximum Gasteiger partial charge on any atom is 0.237 e. The summed E-state index contributed by atoms with van der Waals surface area (Å²) in [7, 11) is 0. The van der Waals surface area contributed by atoms with Crippen LogP contribution in [0.25, 0.3) is 0 Å². The van der Waals surface area contributed by atoms with Crippen LogP contribution in [0.4, 0.5) is 0 Å². The van der Waals surface area contributed by atoms with Crippen molar-refractivity contribution in [3.05, 3.63) is 30.1 Å². The molecule has 0 aromatic carbocycles. The summed E-state index contributed by atoms with van der Waals surface area (Å²) >= 11 is 0. The summed E-state index contributed by atoms with van der Waals surface area (Å²) in [5.74, 6) is 0.0989. The minimum absolute atomic E-state index is 0.00992. The number of hydrogen-bond acceptors (Lipinski definition) is 3. The van der Waals surface area contributed by atoms with E-state index in [9.17, 15) is 4.79 Å². The lowest BCUT2D eigenvalue weighted by Crippen LogP contribution is -2.41. The van der Waals surface area contributed by atoms with Gasteiger partial charge in [-0.2, -0.15) is 0 Å². The van der Waals surface area contributed by atoms with Gasteiger partial charge < -0.3 is 10.6 Å². The summed E-state index contributed by atoms with van der Waals surface area (Å²) in [5, 5.41) is 6.20. The van der Waals surface area contributed by atoms with E-state index in [0.717, 1.165) is 24.9 Å². The van der Waals surface area contributed by atoms with Crippen LogP contribution in [-0.2, 0) is 4.79 Å². The fourth-order valence-electron chi connectivity index (χ4n) is 1.96. The first kappa shape index (κ1) is 11.1. The maximum atomic E-state index is 11.8. The van der Waals surface area contributed by atoms with Crippen LogP contribution >= 0.6 is 0 Å². The van der Waals surface area contributed by atoms with Gasteiger partial charge >= 0.3 is 0 Å². The number of rotatable bonds is 3. The Hall–Kier alpha value is -1.42. The van der Waals surface area contributed by atoms with Gasteiger partial charge in [-0.1, -0.05) is 0 Å². The molecule has 86 valence electrons. The Balaban J connectivity index is 1.92. The first-order chi connectivity index (χ1) is 7.77. The summed E-state index contributed by atoms with van der Waals surface area (Å²) in [6.45, 7) is 2.93. The van der Waals surface area contributed by atoms with Gasteiger partial charge in [0.2, 0.25) is 5.91 Å². The Morgan fingerprint density at radius 2 is 2.31 bits per heavy atom. The van der Waals surface area contributed by atoms with E-state index in [-0.39, 0.29) is 18.0 Å². The zero-order valence-electron chi connectivity index (χ0n) is 9.44. The first-order valence-electron chi connectivity index (χ1n) is 5.71. The molecule has 0 aliphatic carbocycles. The molecule has 1 aromatic heterocycles. The zero-order chi connectivity index (χ0) is 11.4. The zero-order valence-corrected chi connectivity index (χ0v) is 9.44. The quantitative estimate of drug-likeness (QED) is 0.797. The van der Waals surface area contributed by atoms with Crippen molar-refractivity contribution in [3.63, 3.8) is 0 Å². The van der Waals surface area contributed by atoms with Crippen LogP contribution in [0.1, 0.15) is 31.4 Å². The van der Waals surface area contributed by atoms with Crippen LogP contribution in [0.15, 0.2) is 24.5 Å². The molecule has 2 heterocycles. The lowest BCUT2D eigenvalue weighted by molar-refractivity contribution is -0.123. The van der Waals surface area contributed by atoms with Crippen LogP contribution in [0, 0.1) is 0 Å². The molecule has 2 atom stereocenters. The molecular formula is C12H17N3O. The minimum atomic E-state index is -0.00992. The predicted octanol–water partition coefficient (Wildman–Crippen LogP) is 1.01. The molecule has 0 spiro atoms. The number of carbonyl (C=O) groups is 1. The summed E-state index contributed by atoms with van der Waals surface area (Å²) < 4.78 is 0. The number of nitrogens with one attached hydrogen (secondary N) is 2. The largest absolute Gasteiger partial charge is 0.348 e. The van der Waals surface area contributed by atoms with E-state index in [4.69, 9.17) is 0 Å². The molecule has 1 saturated heterocycles. The molecule has 1 fully saturated rings. The van der Waals surface area contributed by atoms with E-state index >= 15 is 0 Å². The smallest absolute Gasteiger partial charge is 0.237 e. The Morgan fingerprint density at radius 1 is 1.56 bits per heavy atom. The minimum Gasteiger partial charge on any atom is -0.348 e. The van der Waals surface area contributed by atoms with Gasteiger partial charge in [-0.25, -0.2) is 0 Å². The van der Waals surface area contributed by atoms with Crippen molar-refractivity contribution in [2.24, 2.45) is 0 Å². The van der Waals surface area contributed by atoms with E-state index in [1.54, 1.807) is 12.4 Å². The molecule has 0 unspecified atom stereocenters. The first-order valence-corrected chi connectivity index (χ1v) is 5.71. The topological polar surface area (TPSA) is 54.0 Å². The van der Waals surface area contributed by atoms with Crippen LogP contribution < -0.4 is 10.6 Å². The highest BCUT2D eigenvalue weighted by molar-refractivity contribution is 5.82. The third-order valence-corrected chi connectivity index (χ3v) is 2.94. The number of pyridine rings is 1. The van der Waals surface area contributed by atoms with Gasteiger partial charge in [0.1, 0.15) is 0 Å². The van der Waals surface area contributed by atoms with Crippen molar-refractivity contribution in [1.82, 2.24) is 15.6 Å². The third-order valence-electron chi connectivity index (χ3n) is 2.94. The Kier molecular flexibility index (Phi) is 3.51.